The van der Waals surface area contributed by atoms with Gasteiger partial charge in [-0.3, -0.25) is 0 Å². The van der Waals surface area contributed by atoms with E-state index in [1.54, 1.807) is 0 Å². The molecule has 0 spiro atoms. The van der Waals surface area contributed by atoms with Crippen LogP contribution in [0.4, 0.5) is 0 Å². The molecule has 1 heterocycles. The van der Waals surface area contributed by atoms with Crippen molar-refractivity contribution in [2.45, 2.75) is 11.8 Å². The van der Waals surface area contributed by atoms with Crippen LogP contribution in [0.25, 0.3) is 11.0 Å². The maximum atomic E-state index is 5.40. The number of aryl methyl sites for hydroxylation is 1. The number of rotatable bonds is 0. The van der Waals surface area contributed by atoms with Crippen molar-refractivity contribution in [1.29, 1.82) is 0 Å². The summed E-state index contributed by atoms with van der Waals surface area (Å²) in [6.45, 7) is 1.94. The van der Waals surface area contributed by atoms with E-state index >= 15 is 0 Å². The lowest BCUT2D eigenvalue weighted by molar-refractivity contribution is 0.578. The summed E-state index contributed by atoms with van der Waals surface area (Å²) in [4.78, 5) is 0.937. The zero-order valence-electron chi connectivity index (χ0n) is 6.16. The maximum absolute atomic E-state index is 5.40. The molecule has 0 bridgehead atoms. The van der Waals surface area contributed by atoms with E-state index in [0.29, 0.717) is 0 Å². The predicted molar refractivity (Wildman–Crippen MR) is 48.2 cm³/mol. The number of hydrogen-bond acceptors (Lipinski definition) is 2. The lowest BCUT2D eigenvalue weighted by atomic mass is 10.2. The van der Waals surface area contributed by atoms with Crippen LogP contribution in [0.1, 0.15) is 5.76 Å². The van der Waals surface area contributed by atoms with Crippen molar-refractivity contribution in [1.82, 2.24) is 0 Å². The average molecular weight is 164 g/mol. The lowest BCUT2D eigenvalue weighted by Crippen LogP contribution is -1.63. The molecule has 11 heavy (non-hydrogen) atoms. The van der Waals surface area contributed by atoms with Crippen LogP contribution in [0.2, 0.25) is 0 Å². The Balaban J connectivity index is 2.82. The first-order valence-electron chi connectivity index (χ1n) is 3.45. The van der Waals surface area contributed by atoms with Crippen LogP contribution >= 0.6 is 12.6 Å². The highest BCUT2D eigenvalue weighted by atomic mass is 32.1. The second-order valence-corrected chi connectivity index (χ2v) is 3.10. The largest absolute Gasteiger partial charge is 0.461 e. The highest BCUT2D eigenvalue weighted by Gasteiger charge is 1.98. The minimum Gasteiger partial charge on any atom is -0.461 e. The molecule has 2 heteroatoms. The zero-order valence-corrected chi connectivity index (χ0v) is 7.06. The smallest absolute Gasteiger partial charge is 0.135 e. The molecule has 1 aromatic carbocycles. The van der Waals surface area contributed by atoms with E-state index in [1.165, 1.54) is 0 Å². The van der Waals surface area contributed by atoms with Crippen LogP contribution in [-0.2, 0) is 0 Å². The van der Waals surface area contributed by atoms with Gasteiger partial charge in [-0.1, -0.05) is 6.07 Å². The van der Waals surface area contributed by atoms with E-state index in [9.17, 15) is 0 Å². The van der Waals surface area contributed by atoms with E-state index < -0.39 is 0 Å². The summed E-state index contributed by atoms with van der Waals surface area (Å²) in [5, 5.41) is 1.14. The van der Waals surface area contributed by atoms with E-state index in [1.807, 2.05) is 31.2 Å². The SMILES string of the molecule is Cc1cc2ccc(S)cc2o1. The van der Waals surface area contributed by atoms with Crippen molar-refractivity contribution in [2.75, 3.05) is 0 Å². The van der Waals surface area contributed by atoms with Gasteiger partial charge in [-0.25, -0.2) is 0 Å². The molecule has 1 aromatic heterocycles. The molecule has 0 atom stereocenters. The first-order valence-corrected chi connectivity index (χ1v) is 3.89. The topological polar surface area (TPSA) is 13.1 Å². The molecule has 0 saturated heterocycles. The summed E-state index contributed by atoms with van der Waals surface area (Å²) >= 11 is 4.21. The highest BCUT2D eigenvalue weighted by molar-refractivity contribution is 7.80. The van der Waals surface area contributed by atoms with Gasteiger partial charge in [-0.15, -0.1) is 12.6 Å². The van der Waals surface area contributed by atoms with Gasteiger partial charge in [0.15, 0.2) is 0 Å². The van der Waals surface area contributed by atoms with Crippen LogP contribution in [0, 0.1) is 6.92 Å². The Hall–Kier alpha value is -0.890. The summed E-state index contributed by atoms with van der Waals surface area (Å²) in [6, 6.07) is 7.91. The van der Waals surface area contributed by atoms with Crippen molar-refractivity contribution in [3.05, 3.63) is 30.0 Å². The van der Waals surface area contributed by atoms with E-state index in [-0.39, 0.29) is 0 Å². The van der Waals surface area contributed by atoms with Gasteiger partial charge in [-0.05, 0) is 25.1 Å². The van der Waals surface area contributed by atoms with Crippen LogP contribution in [0.3, 0.4) is 0 Å². The third kappa shape index (κ3) is 1.14. The Bertz CT molecular complexity index is 389. The fraction of sp³-hybridized carbons (Fsp3) is 0.111. The molecule has 0 saturated carbocycles. The molecule has 0 aliphatic rings. The van der Waals surface area contributed by atoms with Crippen LogP contribution in [0.5, 0.6) is 0 Å². The van der Waals surface area contributed by atoms with E-state index in [4.69, 9.17) is 4.42 Å². The number of hydrogen-bond donors (Lipinski definition) is 1. The molecule has 0 amide bonds. The minimum atomic E-state index is 0.912. The Labute approximate surface area is 70.4 Å². The Morgan fingerprint density at radius 2 is 2.09 bits per heavy atom. The third-order valence-electron chi connectivity index (χ3n) is 1.63. The maximum Gasteiger partial charge on any atom is 0.135 e. The Morgan fingerprint density at radius 1 is 1.27 bits per heavy atom. The summed E-state index contributed by atoms with van der Waals surface area (Å²) < 4.78 is 5.40. The summed E-state index contributed by atoms with van der Waals surface area (Å²) in [5.74, 6) is 0.943. The van der Waals surface area contributed by atoms with Gasteiger partial charge < -0.3 is 4.42 Å². The van der Waals surface area contributed by atoms with Gasteiger partial charge in [0.1, 0.15) is 11.3 Å². The Morgan fingerprint density at radius 3 is 2.91 bits per heavy atom. The van der Waals surface area contributed by atoms with Gasteiger partial charge in [-0.2, -0.15) is 0 Å². The second-order valence-electron chi connectivity index (χ2n) is 2.58. The van der Waals surface area contributed by atoms with Crippen LogP contribution in [-0.4, -0.2) is 0 Å². The van der Waals surface area contributed by atoms with Crippen molar-refractivity contribution in [3.63, 3.8) is 0 Å². The first-order chi connectivity index (χ1) is 5.25. The number of furan rings is 1. The molecule has 2 rings (SSSR count). The summed E-state index contributed by atoms with van der Waals surface area (Å²) in [6.07, 6.45) is 0. The number of benzene rings is 1. The molecule has 1 nitrogen and oxygen atoms in total. The number of fused-ring (bicyclic) bond motifs is 1. The Kier molecular flexibility index (Phi) is 1.43. The minimum absolute atomic E-state index is 0.912. The third-order valence-corrected chi connectivity index (χ3v) is 1.91. The molecule has 2 aromatic rings. The molecule has 0 aliphatic heterocycles. The summed E-state index contributed by atoms with van der Waals surface area (Å²) in [5.41, 5.74) is 0.912. The molecular formula is C9H8OS. The van der Waals surface area contributed by atoms with Crippen molar-refractivity contribution in [3.8, 4) is 0 Å². The molecule has 0 unspecified atom stereocenters. The first kappa shape index (κ1) is 6.80. The quantitative estimate of drug-likeness (QED) is 0.590. The fourth-order valence-electron chi connectivity index (χ4n) is 1.15. The molecule has 0 N–H and O–H groups in total. The predicted octanol–water partition coefficient (Wildman–Crippen LogP) is 3.03. The summed E-state index contributed by atoms with van der Waals surface area (Å²) in [7, 11) is 0. The van der Waals surface area contributed by atoms with Crippen LogP contribution in [0.15, 0.2) is 33.6 Å². The van der Waals surface area contributed by atoms with Crippen molar-refractivity contribution in [2.24, 2.45) is 0 Å². The zero-order chi connectivity index (χ0) is 7.84. The normalized spacial score (nSPS) is 10.7. The van der Waals surface area contributed by atoms with Gasteiger partial charge in [0.25, 0.3) is 0 Å². The van der Waals surface area contributed by atoms with E-state index in [2.05, 4.69) is 12.6 Å². The monoisotopic (exact) mass is 164 g/mol. The fourth-order valence-corrected chi connectivity index (χ4v) is 1.34. The second kappa shape index (κ2) is 2.31. The van der Waals surface area contributed by atoms with Gasteiger partial charge >= 0.3 is 0 Å². The van der Waals surface area contributed by atoms with Gasteiger partial charge in [0.05, 0.1) is 0 Å². The van der Waals surface area contributed by atoms with Gasteiger partial charge in [0, 0.05) is 10.3 Å². The molecule has 0 radical (unpaired) electrons. The standard InChI is InChI=1S/C9H8OS/c1-6-4-7-2-3-8(11)5-9(7)10-6/h2-5,11H,1H3. The lowest BCUT2D eigenvalue weighted by Gasteiger charge is -1.88. The van der Waals surface area contributed by atoms with Crippen molar-refractivity contribution >= 4 is 23.6 Å². The molecule has 56 valence electrons. The molecule has 0 fully saturated rings. The van der Waals surface area contributed by atoms with Crippen LogP contribution < -0.4 is 0 Å². The number of thiol groups is 1. The van der Waals surface area contributed by atoms with E-state index in [0.717, 1.165) is 21.6 Å². The highest BCUT2D eigenvalue weighted by Crippen LogP contribution is 2.21. The van der Waals surface area contributed by atoms with Gasteiger partial charge in [0.2, 0.25) is 0 Å². The average Bonchev–Trinajstić information content (AvgIpc) is 2.27. The van der Waals surface area contributed by atoms with Crippen molar-refractivity contribution < 1.29 is 4.42 Å². The molecule has 0 aliphatic carbocycles. The molecular weight excluding hydrogens is 156 g/mol.